The summed E-state index contributed by atoms with van der Waals surface area (Å²) < 4.78 is 29.5. The molecule has 2 fully saturated rings. The molecule has 2 atom stereocenters. The Balaban J connectivity index is 1.43. The van der Waals surface area contributed by atoms with Crippen molar-refractivity contribution in [2.24, 2.45) is 5.92 Å². The normalized spacial score (nSPS) is 23.0. The van der Waals surface area contributed by atoms with Crippen LogP contribution in [0.3, 0.4) is 0 Å². The maximum Gasteiger partial charge on any atom is 0.262 e. The highest BCUT2D eigenvalue weighted by molar-refractivity contribution is 5.73. The maximum atomic E-state index is 14.1. The molecule has 0 spiro atoms. The lowest BCUT2D eigenvalue weighted by molar-refractivity contribution is 0.312. The lowest BCUT2D eigenvalue weighted by atomic mass is 9.97. The van der Waals surface area contributed by atoms with Crippen molar-refractivity contribution >= 4 is 11.0 Å². The molecule has 8 heteroatoms. The first kappa shape index (κ1) is 19.4. The van der Waals surface area contributed by atoms with Gasteiger partial charge in [0, 0.05) is 31.1 Å². The van der Waals surface area contributed by atoms with Crippen molar-refractivity contribution in [1.82, 2.24) is 24.6 Å². The van der Waals surface area contributed by atoms with E-state index in [0.717, 1.165) is 25.5 Å². The summed E-state index contributed by atoms with van der Waals surface area (Å²) in [6.07, 6.45) is 6.09. The number of nitrogens with one attached hydrogen (secondary N) is 1. The molecular weight excluding hydrogens is 388 g/mol. The fourth-order valence-corrected chi connectivity index (χ4v) is 5.00. The van der Waals surface area contributed by atoms with Gasteiger partial charge in [-0.05, 0) is 37.0 Å². The van der Waals surface area contributed by atoms with E-state index in [9.17, 15) is 13.6 Å². The van der Waals surface area contributed by atoms with Crippen molar-refractivity contribution in [2.45, 2.75) is 51.1 Å². The lowest BCUT2D eigenvalue weighted by Gasteiger charge is -2.17. The Hall–Kier alpha value is -2.61. The number of benzene rings is 1. The van der Waals surface area contributed by atoms with Crippen molar-refractivity contribution in [3.63, 3.8) is 0 Å². The van der Waals surface area contributed by atoms with Crippen LogP contribution in [0, 0.1) is 17.6 Å². The number of H-pyrrole nitrogens is 1. The van der Waals surface area contributed by atoms with E-state index in [1.165, 1.54) is 25.0 Å². The molecule has 0 unspecified atom stereocenters. The van der Waals surface area contributed by atoms with Crippen LogP contribution in [-0.2, 0) is 6.54 Å². The second-order valence-electron chi connectivity index (χ2n) is 8.73. The topological polar surface area (TPSA) is 66.8 Å². The number of nitrogens with zero attached hydrogens (tertiary/aromatic N) is 4. The standard InChI is InChI=1S/C22H25F2N5O/c1-13-10-28(11-14-8-15(23)6-7-19(14)24)12-18(13)20-26-21-17(22(30)27-20)9-25-29(21)16-4-2-3-5-16/h6-9,13,16,18H,2-5,10-12H2,1H3,(H,26,27,30)/t13-,18-/m1/s1. The van der Waals surface area contributed by atoms with Crippen LogP contribution in [0.2, 0.25) is 0 Å². The molecule has 2 aromatic heterocycles. The minimum Gasteiger partial charge on any atom is -0.310 e. The molecular formula is C22H25F2N5O. The predicted octanol–water partition coefficient (Wildman–Crippen LogP) is 3.75. The SMILES string of the molecule is C[C@@H]1CN(Cc2cc(F)ccc2F)C[C@H]1c1nc2c(cnn2C2CCCC2)c(=O)[nH]1. The molecule has 158 valence electrons. The van der Waals surface area contributed by atoms with E-state index in [1.807, 2.05) is 4.68 Å². The Labute approximate surface area is 172 Å². The molecule has 2 aliphatic rings. The summed E-state index contributed by atoms with van der Waals surface area (Å²) in [6.45, 7) is 3.79. The highest BCUT2D eigenvalue weighted by Crippen LogP contribution is 2.33. The van der Waals surface area contributed by atoms with E-state index in [4.69, 9.17) is 4.98 Å². The molecule has 1 N–H and O–H groups in total. The first-order valence-corrected chi connectivity index (χ1v) is 10.6. The van der Waals surface area contributed by atoms with Gasteiger partial charge in [-0.15, -0.1) is 0 Å². The van der Waals surface area contributed by atoms with Crippen molar-refractivity contribution in [3.05, 3.63) is 57.8 Å². The van der Waals surface area contributed by atoms with Crippen LogP contribution in [0.15, 0.2) is 29.2 Å². The van der Waals surface area contributed by atoms with Crippen LogP contribution in [0.5, 0.6) is 0 Å². The zero-order valence-electron chi connectivity index (χ0n) is 16.9. The molecule has 1 aliphatic heterocycles. The van der Waals surface area contributed by atoms with E-state index < -0.39 is 11.6 Å². The van der Waals surface area contributed by atoms with Gasteiger partial charge in [-0.25, -0.2) is 18.4 Å². The van der Waals surface area contributed by atoms with Crippen molar-refractivity contribution in [2.75, 3.05) is 13.1 Å². The van der Waals surface area contributed by atoms with Gasteiger partial charge in [-0.1, -0.05) is 19.8 Å². The van der Waals surface area contributed by atoms with Crippen LogP contribution < -0.4 is 5.56 Å². The second-order valence-corrected chi connectivity index (χ2v) is 8.73. The third-order valence-corrected chi connectivity index (χ3v) is 6.59. The zero-order chi connectivity index (χ0) is 20.8. The summed E-state index contributed by atoms with van der Waals surface area (Å²) in [6, 6.07) is 3.85. The van der Waals surface area contributed by atoms with Crippen LogP contribution in [0.25, 0.3) is 11.0 Å². The maximum absolute atomic E-state index is 14.1. The highest BCUT2D eigenvalue weighted by Gasteiger charge is 2.33. The molecule has 30 heavy (non-hydrogen) atoms. The number of hydrogen-bond acceptors (Lipinski definition) is 4. The first-order chi connectivity index (χ1) is 14.5. The van der Waals surface area contributed by atoms with E-state index in [2.05, 4.69) is 21.9 Å². The van der Waals surface area contributed by atoms with Gasteiger partial charge in [0.15, 0.2) is 5.65 Å². The average Bonchev–Trinajstić information content (AvgIpc) is 3.44. The van der Waals surface area contributed by atoms with Gasteiger partial charge in [-0.2, -0.15) is 5.10 Å². The minimum atomic E-state index is -0.438. The molecule has 5 rings (SSSR count). The first-order valence-electron chi connectivity index (χ1n) is 10.6. The summed E-state index contributed by atoms with van der Waals surface area (Å²) in [5.41, 5.74) is 0.836. The third kappa shape index (κ3) is 3.43. The van der Waals surface area contributed by atoms with Crippen LogP contribution in [-0.4, -0.2) is 37.7 Å². The van der Waals surface area contributed by atoms with Crippen molar-refractivity contribution < 1.29 is 8.78 Å². The largest absolute Gasteiger partial charge is 0.310 e. The van der Waals surface area contributed by atoms with Gasteiger partial charge in [-0.3, -0.25) is 9.69 Å². The molecule has 1 saturated heterocycles. The Kier molecular flexibility index (Phi) is 4.89. The average molecular weight is 413 g/mol. The molecule has 0 radical (unpaired) electrons. The number of aromatic nitrogens is 4. The summed E-state index contributed by atoms with van der Waals surface area (Å²) in [4.78, 5) is 22.6. The van der Waals surface area contributed by atoms with E-state index in [-0.39, 0.29) is 17.4 Å². The van der Waals surface area contributed by atoms with E-state index in [0.29, 0.717) is 41.6 Å². The molecule has 1 aromatic carbocycles. The number of halogens is 2. The molecule has 3 aromatic rings. The molecule has 0 amide bonds. The highest BCUT2D eigenvalue weighted by atomic mass is 19.1. The second kappa shape index (κ2) is 7.58. The quantitative estimate of drug-likeness (QED) is 0.708. The Morgan fingerprint density at radius 1 is 1.20 bits per heavy atom. The molecule has 1 saturated carbocycles. The number of aromatic amines is 1. The minimum absolute atomic E-state index is 0.0191. The summed E-state index contributed by atoms with van der Waals surface area (Å²) >= 11 is 0. The lowest BCUT2D eigenvalue weighted by Crippen LogP contribution is -2.22. The van der Waals surface area contributed by atoms with Gasteiger partial charge in [0.2, 0.25) is 0 Å². The van der Waals surface area contributed by atoms with E-state index in [1.54, 1.807) is 6.20 Å². The Morgan fingerprint density at radius 3 is 2.80 bits per heavy atom. The molecule has 3 heterocycles. The summed E-state index contributed by atoms with van der Waals surface area (Å²) in [5.74, 6) is 0.0606. The fraction of sp³-hybridized carbons (Fsp3) is 0.500. The monoisotopic (exact) mass is 413 g/mol. The van der Waals surface area contributed by atoms with Gasteiger partial charge in [0.25, 0.3) is 5.56 Å². The summed E-state index contributed by atoms with van der Waals surface area (Å²) in [5, 5.41) is 4.98. The fourth-order valence-electron chi connectivity index (χ4n) is 5.00. The smallest absolute Gasteiger partial charge is 0.262 e. The number of hydrogen-bond donors (Lipinski definition) is 1. The van der Waals surface area contributed by atoms with Crippen LogP contribution in [0.1, 0.15) is 56.0 Å². The van der Waals surface area contributed by atoms with Gasteiger partial charge in [0.05, 0.1) is 12.2 Å². The summed E-state index contributed by atoms with van der Waals surface area (Å²) in [7, 11) is 0. The molecule has 0 bridgehead atoms. The Bertz CT molecular complexity index is 1130. The van der Waals surface area contributed by atoms with Gasteiger partial charge in [0.1, 0.15) is 22.8 Å². The predicted molar refractivity (Wildman–Crippen MR) is 109 cm³/mol. The molecule has 1 aliphatic carbocycles. The molecule has 6 nitrogen and oxygen atoms in total. The van der Waals surface area contributed by atoms with Crippen molar-refractivity contribution in [1.29, 1.82) is 0 Å². The third-order valence-electron chi connectivity index (χ3n) is 6.59. The van der Waals surface area contributed by atoms with Crippen LogP contribution >= 0.6 is 0 Å². The Morgan fingerprint density at radius 2 is 2.00 bits per heavy atom. The number of likely N-dealkylation sites (tertiary alicyclic amines) is 1. The van der Waals surface area contributed by atoms with Crippen LogP contribution in [0.4, 0.5) is 8.78 Å². The van der Waals surface area contributed by atoms with Gasteiger partial charge < -0.3 is 4.98 Å². The zero-order valence-corrected chi connectivity index (χ0v) is 16.9. The van der Waals surface area contributed by atoms with Crippen molar-refractivity contribution in [3.8, 4) is 0 Å². The van der Waals surface area contributed by atoms with Gasteiger partial charge >= 0.3 is 0 Å². The van der Waals surface area contributed by atoms with E-state index >= 15 is 0 Å². The number of rotatable bonds is 4. The number of fused-ring (bicyclic) bond motifs is 1.